The maximum atomic E-state index is 14.0. The summed E-state index contributed by atoms with van der Waals surface area (Å²) >= 11 is 1.54. The Morgan fingerprint density at radius 2 is 1.55 bits per heavy atom. The number of aliphatic imine (C=N–C) groups is 1. The number of ether oxygens (including phenoxy) is 2. The number of hydrogen-bond acceptors (Lipinski definition) is 9. The molecule has 2 N–H and O–H groups in total. The van der Waals surface area contributed by atoms with Crippen molar-refractivity contribution in [2.24, 2.45) is 4.99 Å². The van der Waals surface area contributed by atoms with Crippen molar-refractivity contribution in [3.8, 4) is 21.9 Å². The second kappa shape index (κ2) is 14.1. The van der Waals surface area contributed by atoms with Crippen LogP contribution >= 0.6 is 11.3 Å². The molecule has 1 atom stereocenters. The Morgan fingerprint density at radius 3 is 2.10 bits per heavy atom. The standard InChI is InChI=1S/C29H25F3N4O5S.C2HF3O2/c1-14-15(2)42-28-25(14)26(33-22(12-24(39)40-4)27-35-34-16(3)36(27)28)18-7-5-17(6-8-18)20-10-9-19(41-13-23(37)38)11-21(20)29(30,31)32;3-2(4,5)1(6)7/h5-11,22H,12-13H2,1-4H3,(H,37,38);(H,6,7)/t22-;/m0./s1. The Balaban J connectivity index is 0.000000698. The van der Waals surface area contributed by atoms with Gasteiger partial charge in [-0.3, -0.25) is 14.4 Å². The summed E-state index contributed by atoms with van der Waals surface area (Å²) in [5.41, 5.74) is 2.27. The van der Waals surface area contributed by atoms with Crippen LogP contribution in [0.1, 0.15) is 51.2 Å². The van der Waals surface area contributed by atoms with E-state index < -0.39 is 48.5 Å². The van der Waals surface area contributed by atoms with E-state index in [1.807, 2.05) is 25.3 Å². The molecule has 1 aliphatic rings. The summed E-state index contributed by atoms with van der Waals surface area (Å²) in [6, 6.07) is 9.16. The normalized spacial score (nSPS) is 14.0. The van der Waals surface area contributed by atoms with Gasteiger partial charge in [0.15, 0.2) is 12.4 Å². The van der Waals surface area contributed by atoms with E-state index in [0.29, 0.717) is 28.5 Å². The molecule has 0 bridgehead atoms. The second-order valence-electron chi connectivity index (χ2n) is 10.4. The van der Waals surface area contributed by atoms with E-state index in [2.05, 4.69) is 10.2 Å². The van der Waals surface area contributed by atoms with Crippen LogP contribution < -0.4 is 4.74 Å². The number of carboxylic acid groups (broad SMARTS) is 2. The number of fused-ring (bicyclic) bond motifs is 3. The average molecular weight is 713 g/mol. The third-order valence-corrected chi connectivity index (χ3v) is 8.39. The zero-order chi connectivity index (χ0) is 36.4. The molecule has 18 heteroatoms. The van der Waals surface area contributed by atoms with Crippen LogP contribution in [0.25, 0.3) is 16.1 Å². The van der Waals surface area contributed by atoms with E-state index in [-0.39, 0.29) is 17.7 Å². The van der Waals surface area contributed by atoms with Crippen molar-refractivity contribution >= 4 is 35.0 Å². The summed E-state index contributed by atoms with van der Waals surface area (Å²) in [7, 11) is 1.29. The van der Waals surface area contributed by atoms with E-state index in [0.717, 1.165) is 27.1 Å². The molecule has 0 fully saturated rings. The molecule has 1 aliphatic heterocycles. The minimum absolute atomic E-state index is 0.0750. The van der Waals surface area contributed by atoms with Gasteiger partial charge < -0.3 is 19.7 Å². The number of thiophene rings is 1. The van der Waals surface area contributed by atoms with Gasteiger partial charge in [0.2, 0.25) is 0 Å². The summed E-state index contributed by atoms with van der Waals surface area (Å²) in [5, 5.41) is 25.3. The molecule has 5 rings (SSSR count). The highest BCUT2D eigenvalue weighted by Crippen LogP contribution is 2.41. The molecule has 49 heavy (non-hydrogen) atoms. The summed E-state index contributed by atoms with van der Waals surface area (Å²) in [5.74, 6) is -3.61. The van der Waals surface area contributed by atoms with Crippen molar-refractivity contribution < 1.29 is 60.4 Å². The highest BCUT2D eigenvalue weighted by atomic mass is 32.1. The van der Waals surface area contributed by atoms with Gasteiger partial charge in [-0.15, -0.1) is 21.5 Å². The summed E-state index contributed by atoms with van der Waals surface area (Å²) in [6.07, 6.45) is -9.87. The van der Waals surface area contributed by atoms with Crippen LogP contribution in [0.5, 0.6) is 5.75 Å². The lowest BCUT2D eigenvalue weighted by molar-refractivity contribution is -0.192. The number of carbonyl (C=O) groups is 3. The number of hydrogen-bond donors (Lipinski definition) is 2. The molecule has 0 aliphatic carbocycles. The quantitative estimate of drug-likeness (QED) is 0.162. The highest BCUT2D eigenvalue weighted by Gasteiger charge is 2.38. The fraction of sp³-hybridized carbons (Fsp3) is 0.290. The molecule has 0 spiro atoms. The first kappa shape index (κ1) is 36.6. The molecule has 3 heterocycles. The summed E-state index contributed by atoms with van der Waals surface area (Å²) < 4.78 is 85.5. The second-order valence-corrected chi connectivity index (χ2v) is 11.6. The van der Waals surface area contributed by atoms with Crippen molar-refractivity contribution in [1.29, 1.82) is 0 Å². The fourth-order valence-corrected chi connectivity index (χ4v) is 6.03. The van der Waals surface area contributed by atoms with E-state index in [9.17, 15) is 35.9 Å². The Labute approximate surface area is 277 Å². The van der Waals surface area contributed by atoms with Crippen molar-refractivity contribution in [3.63, 3.8) is 0 Å². The topological polar surface area (TPSA) is 153 Å². The zero-order valence-corrected chi connectivity index (χ0v) is 26.8. The van der Waals surface area contributed by atoms with Gasteiger partial charge in [-0.2, -0.15) is 26.3 Å². The van der Waals surface area contributed by atoms with Crippen LogP contribution in [-0.4, -0.2) is 68.5 Å². The van der Waals surface area contributed by atoms with Gasteiger partial charge in [0.05, 0.1) is 24.8 Å². The maximum absolute atomic E-state index is 14.0. The fourth-order valence-electron chi connectivity index (χ4n) is 4.82. The lowest BCUT2D eigenvalue weighted by Crippen LogP contribution is -2.21. The predicted octanol–water partition coefficient (Wildman–Crippen LogP) is 6.49. The number of carbonyl (C=O) groups excluding carboxylic acids is 1. The Hall–Kier alpha value is -5.26. The summed E-state index contributed by atoms with van der Waals surface area (Å²) in [4.78, 5) is 38.0. The molecular weight excluding hydrogens is 686 g/mol. The number of esters is 1. The number of aliphatic carboxylic acids is 2. The Kier molecular flexibility index (Phi) is 10.5. The van der Waals surface area contributed by atoms with E-state index in [1.165, 1.54) is 19.2 Å². The van der Waals surface area contributed by atoms with Gasteiger partial charge in [0, 0.05) is 16.0 Å². The third kappa shape index (κ3) is 8.07. The maximum Gasteiger partial charge on any atom is 0.490 e. The first-order valence-corrected chi connectivity index (χ1v) is 14.8. The van der Waals surface area contributed by atoms with Crippen LogP contribution in [0, 0.1) is 20.8 Å². The molecular formula is C31H26F6N4O7S. The molecule has 0 unspecified atom stereocenters. The number of halogens is 6. The number of rotatable bonds is 7. The van der Waals surface area contributed by atoms with Gasteiger partial charge in [-0.25, -0.2) is 9.59 Å². The summed E-state index contributed by atoms with van der Waals surface area (Å²) in [6.45, 7) is 5.01. The first-order chi connectivity index (χ1) is 22.8. The smallest absolute Gasteiger partial charge is 0.482 e. The van der Waals surface area contributed by atoms with E-state index in [1.54, 1.807) is 35.6 Å². The van der Waals surface area contributed by atoms with E-state index >= 15 is 0 Å². The minimum atomic E-state index is -5.08. The van der Waals surface area contributed by atoms with Gasteiger partial charge >= 0.3 is 30.3 Å². The van der Waals surface area contributed by atoms with Gasteiger partial charge in [-0.1, -0.05) is 30.3 Å². The van der Waals surface area contributed by atoms with Gasteiger partial charge in [0.25, 0.3) is 0 Å². The molecule has 0 amide bonds. The number of alkyl halides is 6. The molecule has 0 radical (unpaired) electrons. The third-order valence-electron chi connectivity index (χ3n) is 7.20. The number of methoxy groups -OCH3 is 1. The molecule has 2 aromatic heterocycles. The Bertz CT molecular complexity index is 1930. The monoisotopic (exact) mass is 712 g/mol. The molecule has 0 saturated heterocycles. The number of nitrogens with zero attached hydrogens (tertiary/aromatic N) is 4. The largest absolute Gasteiger partial charge is 0.490 e. The van der Waals surface area contributed by atoms with Crippen LogP contribution in [-0.2, 0) is 25.3 Å². The average Bonchev–Trinajstić information content (AvgIpc) is 3.50. The van der Waals surface area contributed by atoms with Crippen LogP contribution in [0.3, 0.4) is 0 Å². The predicted molar refractivity (Wildman–Crippen MR) is 162 cm³/mol. The Morgan fingerprint density at radius 1 is 0.939 bits per heavy atom. The van der Waals surface area contributed by atoms with Crippen LogP contribution in [0.15, 0.2) is 47.5 Å². The van der Waals surface area contributed by atoms with Gasteiger partial charge in [0.1, 0.15) is 22.6 Å². The van der Waals surface area contributed by atoms with Crippen molar-refractivity contribution in [2.45, 2.75) is 45.6 Å². The zero-order valence-electron chi connectivity index (χ0n) is 25.9. The van der Waals surface area contributed by atoms with E-state index in [4.69, 9.17) is 29.5 Å². The molecule has 11 nitrogen and oxygen atoms in total. The van der Waals surface area contributed by atoms with Crippen LogP contribution in [0.2, 0.25) is 0 Å². The first-order valence-electron chi connectivity index (χ1n) is 14.0. The molecule has 2 aromatic carbocycles. The van der Waals surface area contributed by atoms with Gasteiger partial charge in [-0.05, 0) is 49.6 Å². The lowest BCUT2D eigenvalue weighted by atomic mass is 9.95. The SMILES string of the molecule is COC(=O)C[C@@H]1N=C(c2ccc(-c3ccc(OCC(=O)O)cc3C(F)(F)F)cc2)c2c(sc(C)c2C)-n2c(C)nnc21.O=C(O)C(F)(F)F. The minimum Gasteiger partial charge on any atom is -0.482 e. The lowest BCUT2D eigenvalue weighted by Gasteiger charge is -2.16. The molecule has 260 valence electrons. The van der Waals surface area contributed by atoms with Crippen LogP contribution in [0.4, 0.5) is 26.3 Å². The number of aromatic nitrogens is 3. The molecule has 0 saturated carbocycles. The van der Waals surface area contributed by atoms with Crippen molar-refractivity contribution in [3.05, 3.63) is 81.2 Å². The number of carboxylic acids is 2. The van der Waals surface area contributed by atoms with Crippen molar-refractivity contribution in [2.75, 3.05) is 13.7 Å². The molecule has 4 aromatic rings. The highest BCUT2D eigenvalue weighted by molar-refractivity contribution is 7.15. The number of benzene rings is 2. The number of aryl methyl sites for hydroxylation is 2. The van der Waals surface area contributed by atoms with Crippen molar-refractivity contribution in [1.82, 2.24) is 14.8 Å².